The first-order valence-corrected chi connectivity index (χ1v) is 4.11. The van der Waals surface area contributed by atoms with Gasteiger partial charge in [0.1, 0.15) is 0 Å². The Kier molecular flexibility index (Phi) is 2.02. The van der Waals surface area contributed by atoms with E-state index >= 15 is 0 Å². The number of halogens is 1. The molecule has 2 rings (SSSR count). The maximum atomic E-state index is 5.68. The molecular weight excluding hydrogens is 188 g/mol. The normalized spacial score (nSPS) is 10.3. The van der Waals surface area contributed by atoms with E-state index in [1.54, 1.807) is 19.1 Å². The molecule has 0 saturated heterocycles. The third-order valence-corrected chi connectivity index (χ3v) is 1.78. The van der Waals surface area contributed by atoms with Crippen LogP contribution < -0.4 is 0 Å². The van der Waals surface area contributed by atoms with Crippen LogP contribution in [0.4, 0.5) is 0 Å². The van der Waals surface area contributed by atoms with Gasteiger partial charge in [0.15, 0.2) is 0 Å². The number of nitrogens with zero attached hydrogens (tertiary/aromatic N) is 2. The molecule has 0 aliphatic heterocycles. The van der Waals surface area contributed by atoms with Crippen LogP contribution in [-0.2, 0) is 0 Å². The number of benzene rings is 1. The quantitative estimate of drug-likeness (QED) is 0.699. The lowest BCUT2D eigenvalue weighted by atomic mass is 10.2. The highest BCUT2D eigenvalue weighted by atomic mass is 35.5. The summed E-state index contributed by atoms with van der Waals surface area (Å²) >= 11 is 5.68. The highest BCUT2D eigenvalue weighted by Gasteiger charge is 2.04. The summed E-state index contributed by atoms with van der Waals surface area (Å²) in [4.78, 5) is 0. The maximum Gasteiger partial charge on any atom is 0.247 e. The van der Waals surface area contributed by atoms with E-state index in [-0.39, 0.29) is 0 Å². The van der Waals surface area contributed by atoms with Gasteiger partial charge in [0.2, 0.25) is 11.8 Å². The van der Waals surface area contributed by atoms with Gasteiger partial charge in [-0.1, -0.05) is 11.6 Å². The molecule has 4 heteroatoms. The summed E-state index contributed by atoms with van der Waals surface area (Å²) in [5, 5.41) is 8.16. The van der Waals surface area contributed by atoms with Crippen molar-refractivity contribution in [2.75, 3.05) is 0 Å². The number of aryl methyl sites for hydroxylation is 1. The molecule has 0 fully saturated rings. The molecule has 0 atom stereocenters. The summed E-state index contributed by atoms with van der Waals surface area (Å²) in [6.07, 6.45) is 0. The molecule has 2 aromatic rings. The van der Waals surface area contributed by atoms with E-state index in [0.717, 1.165) is 5.56 Å². The standard InChI is InChI=1S/C9H6ClN2O/c1-6-11-12-9(13-6)7-2-4-8(10)5-3-7/h2-4H,1H3. The van der Waals surface area contributed by atoms with Crippen molar-refractivity contribution in [3.05, 3.63) is 35.2 Å². The molecule has 0 aliphatic rings. The summed E-state index contributed by atoms with van der Waals surface area (Å²) < 4.78 is 5.22. The molecule has 1 aromatic carbocycles. The third-order valence-electron chi connectivity index (χ3n) is 1.55. The summed E-state index contributed by atoms with van der Waals surface area (Å²) in [6, 6.07) is 8.11. The summed E-state index contributed by atoms with van der Waals surface area (Å²) in [6.45, 7) is 1.75. The number of rotatable bonds is 1. The molecule has 0 bridgehead atoms. The minimum Gasteiger partial charge on any atom is -0.421 e. The molecule has 1 aromatic heterocycles. The Morgan fingerprint density at radius 1 is 1.38 bits per heavy atom. The Hall–Kier alpha value is -1.35. The minimum absolute atomic E-state index is 0.491. The van der Waals surface area contributed by atoms with Crippen molar-refractivity contribution in [1.82, 2.24) is 10.2 Å². The Morgan fingerprint density at radius 2 is 2.23 bits per heavy atom. The van der Waals surface area contributed by atoms with Crippen molar-refractivity contribution in [3.8, 4) is 11.5 Å². The zero-order valence-electron chi connectivity index (χ0n) is 6.91. The van der Waals surface area contributed by atoms with E-state index in [2.05, 4.69) is 16.3 Å². The molecule has 1 radical (unpaired) electrons. The first kappa shape index (κ1) is 8.26. The van der Waals surface area contributed by atoms with Crippen LogP contribution in [0.15, 0.2) is 22.6 Å². The van der Waals surface area contributed by atoms with Crippen LogP contribution in [0, 0.1) is 13.0 Å². The van der Waals surface area contributed by atoms with E-state index in [9.17, 15) is 0 Å². The Labute approximate surface area is 80.4 Å². The zero-order chi connectivity index (χ0) is 9.26. The van der Waals surface area contributed by atoms with Crippen LogP contribution in [0.5, 0.6) is 0 Å². The van der Waals surface area contributed by atoms with E-state index in [1.165, 1.54) is 0 Å². The van der Waals surface area contributed by atoms with Gasteiger partial charge in [-0.3, -0.25) is 0 Å². The van der Waals surface area contributed by atoms with E-state index in [4.69, 9.17) is 16.0 Å². The molecule has 0 amide bonds. The SMILES string of the molecule is Cc1nnc(-c2c[c]c(Cl)cc2)o1. The molecule has 0 spiro atoms. The van der Waals surface area contributed by atoms with Crippen molar-refractivity contribution in [1.29, 1.82) is 0 Å². The van der Waals surface area contributed by atoms with Crippen molar-refractivity contribution < 1.29 is 4.42 Å². The van der Waals surface area contributed by atoms with Gasteiger partial charge in [-0.15, -0.1) is 10.2 Å². The van der Waals surface area contributed by atoms with Gasteiger partial charge in [-0.2, -0.15) is 0 Å². The van der Waals surface area contributed by atoms with Gasteiger partial charge in [-0.25, -0.2) is 0 Å². The summed E-state index contributed by atoms with van der Waals surface area (Å²) in [5.74, 6) is 1.04. The first-order valence-electron chi connectivity index (χ1n) is 3.73. The largest absolute Gasteiger partial charge is 0.421 e. The molecule has 1 heterocycles. The van der Waals surface area contributed by atoms with Crippen LogP contribution in [0.1, 0.15) is 5.89 Å². The van der Waals surface area contributed by atoms with Gasteiger partial charge >= 0.3 is 0 Å². The predicted molar refractivity (Wildman–Crippen MR) is 48.3 cm³/mol. The lowest BCUT2D eigenvalue weighted by molar-refractivity contribution is 0.533. The van der Waals surface area contributed by atoms with Gasteiger partial charge in [-0.05, 0) is 18.2 Å². The average Bonchev–Trinajstić information content (AvgIpc) is 2.53. The smallest absolute Gasteiger partial charge is 0.247 e. The van der Waals surface area contributed by atoms with Gasteiger partial charge in [0.25, 0.3) is 0 Å². The van der Waals surface area contributed by atoms with Crippen LogP contribution in [0.2, 0.25) is 5.02 Å². The van der Waals surface area contributed by atoms with E-state index < -0.39 is 0 Å². The van der Waals surface area contributed by atoms with Gasteiger partial charge in [0, 0.05) is 23.6 Å². The van der Waals surface area contributed by atoms with Crippen molar-refractivity contribution in [2.24, 2.45) is 0 Å². The number of hydrogen-bond acceptors (Lipinski definition) is 3. The van der Waals surface area contributed by atoms with Gasteiger partial charge in [0.05, 0.1) is 0 Å². The molecule has 0 saturated carbocycles. The first-order chi connectivity index (χ1) is 6.25. The average molecular weight is 194 g/mol. The molecule has 13 heavy (non-hydrogen) atoms. The van der Waals surface area contributed by atoms with Crippen molar-refractivity contribution in [3.63, 3.8) is 0 Å². The van der Waals surface area contributed by atoms with Crippen LogP contribution in [0.25, 0.3) is 11.5 Å². The highest BCUT2D eigenvalue weighted by Crippen LogP contribution is 2.19. The molecule has 3 nitrogen and oxygen atoms in total. The lowest BCUT2D eigenvalue weighted by Crippen LogP contribution is -1.76. The molecular formula is C9H6ClN2O. The minimum atomic E-state index is 0.491. The monoisotopic (exact) mass is 193 g/mol. The Morgan fingerprint density at radius 3 is 2.77 bits per heavy atom. The second-order valence-corrected chi connectivity index (χ2v) is 2.96. The summed E-state index contributed by atoms with van der Waals surface area (Å²) in [7, 11) is 0. The van der Waals surface area contributed by atoms with Gasteiger partial charge < -0.3 is 4.42 Å². The maximum absolute atomic E-state index is 5.68. The van der Waals surface area contributed by atoms with E-state index in [1.807, 2.05) is 6.07 Å². The molecule has 0 unspecified atom stereocenters. The second-order valence-electron chi connectivity index (χ2n) is 2.55. The fourth-order valence-electron chi connectivity index (χ4n) is 0.952. The number of aromatic nitrogens is 2. The van der Waals surface area contributed by atoms with Crippen LogP contribution in [-0.4, -0.2) is 10.2 Å². The predicted octanol–water partition coefficient (Wildman–Crippen LogP) is 2.50. The fourth-order valence-corrected chi connectivity index (χ4v) is 1.07. The van der Waals surface area contributed by atoms with Crippen LogP contribution in [0.3, 0.4) is 0 Å². The third kappa shape index (κ3) is 1.70. The van der Waals surface area contributed by atoms with E-state index in [0.29, 0.717) is 16.8 Å². The van der Waals surface area contributed by atoms with Crippen molar-refractivity contribution >= 4 is 11.6 Å². The Bertz CT molecular complexity index is 408. The van der Waals surface area contributed by atoms with Crippen LogP contribution >= 0.6 is 11.6 Å². The second kappa shape index (κ2) is 3.18. The molecule has 65 valence electrons. The van der Waals surface area contributed by atoms with Crippen molar-refractivity contribution in [2.45, 2.75) is 6.92 Å². The Balaban J connectivity index is 2.41. The highest BCUT2D eigenvalue weighted by molar-refractivity contribution is 6.30. The zero-order valence-corrected chi connectivity index (χ0v) is 7.67. The summed E-state index contributed by atoms with van der Waals surface area (Å²) in [5.41, 5.74) is 0.824. The lowest BCUT2D eigenvalue weighted by Gasteiger charge is -1.92. The topological polar surface area (TPSA) is 38.9 Å². The fraction of sp³-hybridized carbons (Fsp3) is 0.111. The molecule has 0 aliphatic carbocycles. The number of hydrogen-bond donors (Lipinski definition) is 0. The molecule has 0 N–H and O–H groups in total.